The lowest BCUT2D eigenvalue weighted by molar-refractivity contribution is -0.121. The summed E-state index contributed by atoms with van der Waals surface area (Å²) in [6.07, 6.45) is 1.80. The van der Waals surface area contributed by atoms with E-state index in [2.05, 4.69) is 47.2 Å². The van der Waals surface area contributed by atoms with Crippen molar-refractivity contribution in [1.29, 1.82) is 0 Å². The minimum absolute atomic E-state index is 0.0597. The Kier molecular flexibility index (Phi) is 6.69. The normalized spacial score (nSPS) is 11.0. The van der Waals surface area contributed by atoms with Gasteiger partial charge in [-0.1, -0.05) is 12.1 Å². The van der Waals surface area contributed by atoms with Crippen LogP contribution in [0.25, 0.3) is 10.2 Å². The van der Waals surface area contributed by atoms with E-state index >= 15 is 0 Å². The van der Waals surface area contributed by atoms with E-state index in [1.165, 1.54) is 21.5 Å². The first kappa shape index (κ1) is 21.0. The van der Waals surface area contributed by atoms with Gasteiger partial charge in [0.2, 0.25) is 5.91 Å². The van der Waals surface area contributed by atoms with Crippen molar-refractivity contribution in [3.05, 3.63) is 57.0 Å². The smallest absolute Gasteiger partial charge is 0.262 e. The molecule has 0 aliphatic rings. The van der Waals surface area contributed by atoms with Crippen molar-refractivity contribution >= 4 is 33.1 Å². The quantitative estimate of drug-likeness (QED) is 0.616. The average Bonchev–Trinajstić information content (AvgIpc) is 2.99. The molecule has 0 aliphatic heterocycles. The molecule has 0 spiro atoms. The first-order valence-electron chi connectivity index (χ1n) is 9.94. The highest BCUT2D eigenvalue weighted by Gasteiger charge is 2.13. The number of aromatic nitrogens is 2. The Morgan fingerprint density at radius 1 is 1.28 bits per heavy atom. The molecule has 0 aliphatic carbocycles. The standard InChI is InChI=1S/C22H28N4O2S/c1-5-25(18-8-6-7-15(2)13-18)12-10-23-19(27)9-11-26-14-24-21-20(22(26)28)16(3)17(4)29-21/h6-8,13-14H,5,9-12H2,1-4H3,(H,23,27). The van der Waals surface area contributed by atoms with Crippen LogP contribution in [0.5, 0.6) is 0 Å². The second kappa shape index (κ2) is 9.22. The van der Waals surface area contributed by atoms with Crippen molar-refractivity contribution in [3.8, 4) is 0 Å². The minimum atomic E-state index is -0.0683. The van der Waals surface area contributed by atoms with E-state index in [9.17, 15) is 9.59 Å². The summed E-state index contributed by atoms with van der Waals surface area (Å²) >= 11 is 1.53. The van der Waals surface area contributed by atoms with Crippen LogP contribution in [0.4, 0.5) is 5.69 Å². The predicted molar refractivity (Wildman–Crippen MR) is 120 cm³/mol. The number of hydrogen-bond acceptors (Lipinski definition) is 5. The lowest BCUT2D eigenvalue weighted by atomic mass is 10.2. The van der Waals surface area contributed by atoms with Crippen LogP contribution in [0.1, 0.15) is 29.3 Å². The molecule has 3 aromatic rings. The van der Waals surface area contributed by atoms with E-state index in [0.717, 1.165) is 34.0 Å². The SMILES string of the molecule is CCN(CCNC(=O)CCn1cnc2sc(C)c(C)c2c1=O)c1cccc(C)c1. The third kappa shape index (κ3) is 4.85. The Morgan fingerprint density at radius 2 is 2.07 bits per heavy atom. The van der Waals surface area contributed by atoms with Gasteiger partial charge in [-0.15, -0.1) is 11.3 Å². The monoisotopic (exact) mass is 412 g/mol. The molecule has 0 atom stereocenters. The number of fused-ring (bicyclic) bond motifs is 1. The Hall–Kier alpha value is -2.67. The van der Waals surface area contributed by atoms with E-state index in [1.54, 1.807) is 6.33 Å². The summed E-state index contributed by atoms with van der Waals surface area (Å²) in [5, 5.41) is 3.63. The van der Waals surface area contributed by atoms with Crippen LogP contribution < -0.4 is 15.8 Å². The van der Waals surface area contributed by atoms with Crippen LogP contribution >= 0.6 is 11.3 Å². The fraction of sp³-hybridized carbons (Fsp3) is 0.409. The van der Waals surface area contributed by atoms with Crippen molar-refractivity contribution < 1.29 is 4.79 Å². The molecule has 7 heteroatoms. The van der Waals surface area contributed by atoms with Gasteiger partial charge in [0, 0.05) is 43.2 Å². The Morgan fingerprint density at radius 3 is 2.79 bits per heavy atom. The number of hydrogen-bond donors (Lipinski definition) is 1. The fourth-order valence-corrected chi connectivity index (χ4v) is 4.35. The fourth-order valence-electron chi connectivity index (χ4n) is 3.36. The molecular formula is C22H28N4O2S. The first-order chi connectivity index (χ1) is 13.9. The van der Waals surface area contributed by atoms with Gasteiger partial charge in [-0.2, -0.15) is 0 Å². The molecule has 1 N–H and O–H groups in total. The summed E-state index contributed by atoms with van der Waals surface area (Å²) in [5.41, 5.74) is 3.30. The number of thiophene rings is 1. The molecule has 0 radical (unpaired) electrons. The molecule has 2 heterocycles. The average molecular weight is 413 g/mol. The number of carbonyl (C=O) groups is 1. The van der Waals surface area contributed by atoms with Crippen LogP contribution in [0.2, 0.25) is 0 Å². The molecule has 0 saturated carbocycles. The third-order valence-corrected chi connectivity index (χ3v) is 6.30. The molecule has 0 saturated heterocycles. The number of likely N-dealkylation sites (N-methyl/N-ethyl adjacent to an activating group) is 1. The van der Waals surface area contributed by atoms with Crippen molar-refractivity contribution in [2.45, 2.75) is 40.7 Å². The van der Waals surface area contributed by atoms with Gasteiger partial charge in [0.25, 0.3) is 5.56 Å². The van der Waals surface area contributed by atoms with Crippen molar-refractivity contribution in [2.75, 3.05) is 24.5 Å². The predicted octanol–water partition coefficient (Wildman–Crippen LogP) is 3.42. The number of benzene rings is 1. The Bertz CT molecular complexity index is 1070. The molecule has 154 valence electrons. The summed E-state index contributed by atoms with van der Waals surface area (Å²) in [5.74, 6) is -0.0597. The lowest BCUT2D eigenvalue weighted by Gasteiger charge is -2.23. The van der Waals surface area contributed by atoms with Gasteiger partial charge in [0.1, 0.15) is 4.83 Å². The second-order valence-corrected chi connectivity index (χ2v) is 8.43. The number of nitrogens with one attached hydrogen (secondary N) is 1. The lowest BCUT2D eigenvalue weighted by Crippen LogP contribution is -2.35. The molecule has 1 aromatic carbocycles. The maximum Gasteiger partial charge on any atom is 0.262 e. The van der Waals surface area contributed by atoms with E-state index < -0.39 is 0 Å². The maximum absolute atomic E-state index is 12.7. The maximum atomic E-state index is 12.7. The van der Waals surface area contributed by atoms with Gasteiger partial charge in [-0.05, 0) is 51.0 Å². The van der Waals surface area contributed by atoms with Gasteiger partial charge in [0.05, 0.1) is 11.7 Å². The highest BCUT2D eigenvalue weighted by atomic mass is 32.1. The van der Waals surface area contributed by atoms with Crippen LogP contribution in [0.3, 0.4) is 0 Å². The number of carbonyl (C=O) groups excluding carboxylic acids is 1. The largest absolute Gasteiger partial charge is 0.370 e. The minimum Gasteiger partial charge on any atom is -0.370 e. The molecule has 29 heavy (non-hydrogen) atoms. The Balaban J connectivity index is 1.54. The highest BCUT2D eigenvalue weighted by Crippen LogP contribution is 2.25. The summed E-state index contributed by atoms with van der Waals surface area (Å²) in [6, 6.07) is 8.36. The first-order valence-corrected chi connectivity index (χ1v) is 10.8. The van der Waals surface area contributed by atoms with Crippen molar-refractivity contribution in [2.24, 2.45) is 0 Å². The molecule has 0 fully saturated rings. The van der Waals surface area contributed by atoms with Gasteiger partial charge in [-0.25, -0.2) is 4.98 Å². The van der Waals surface area contributed by atoms with Crippen LogP contribution in [0.15, 0.2) is 35.4 Å². The van der Waals surface area contributed by atoms with Gasteiger partial charge in [0.15, 0.2) is 0 Å². The number of amides is 1. The van der Waals surface area contributed by atoms with E-state index in [0.29, 0.717) is 18.5 Å². The molecule has 0 unspecified atom stereocenters. The van der Waals surface area contributed by atoms with Crippen LogP contribution in [0, 0.1) is 20.8 Å². The highest BCUT2D eigenvalue weighted by molar-refractivity contribution is 7.18. The zero-order valence-corrected chi connectivity index (χ0v) is 18.3. The van der Waals surface area contributed by atoms with Crippen molar-refractivity contribution in [1.82, 2.24) is 14.9 Å². The molecule has 3 rings (SSSR count). The number of rotatable bonds is 8. The van der Waals surface area contributed by atoms with Gasteiger partial charge >= 0.3 is 0 Å². The number of nitrogens with zero attached hydrogens (tertiary/aromatic N) is 3. The van der Waals surface area contributed by atoms with Gasteiger partial charge in [-0.3, -0.25) is 14.2 Å². The summed E-state index contributed by atoms with van der Waals surface area (Å²) in [4.78, 5) is 33.4. The molecular weight excluding hydrogens is 384 g/mol. The van der Waals surface area contributed by atoms with E-state index in [4.69, 9.17) is 0 Å². The molecule has 0 bridgehead atoms. The zero-order chi connectivity index (χ0) is 21.0. The van der Waals surface area contributed by atoms with Crippen molar-refractivity contribution in [3.63, 3.8) is 0 Å². The van der Waals surface area contributed by atoms with Crippen LogP contribution in [-0.2, 0) is 11.3 Å². The zero-order valence-electron chi connectivity index (χ0n) is 17.5. The second-order valence-electron chi connectivity index (χ2n) is 7.23. The van der Waals surface area contributed by atoms with Crippen LogP contribution in [-0.4, -0.2) is 35.1 Å². The van der Waals surface area contributed by atoms with E-state index in [-0.39, 0.29) is 17.9 Å². The third-order valence-electron chi connectivity index (χ3n) is 5.19. The van der Waals surface area contributed by atoms with Gasteiger partial charge < -0.3 is 10.2 Å². The van der Waals surface area contributed by atoms with E-state index in [1.807, 2.05) is 19.9 Å². The topological polar surface area (TPSA) is 67.2 Å². The summed E-state index contributed by atoms with van der Waals surface area (Å²) in [7, 11) is 0. The summed E-state index contributed by atoms with van der Waals surface area (Å²) < 4.78 is 1.53. The number of anilines is 1. The molecule has 6 nitrogen and oxygen atoms in total. The number of aryl methyl sites for hydroxylation is 4. The summed E-state index contributed by atoms with van der Waals surface area (Å²) in [6.45, 7) is 10.6. The molecule has 1 amide bonds. The Labute approximate surface area is 175 Å². The molecule has 2 aromatic heterocycles.